The topological polar surface area (TPSA) is 113 Å². The van der Waals surface area contributed by atoms with Crippen LogP contribution in [0.3, 0.4) is 0 Å². The number of fused-ring (bicyclic) bond motifs is 1. The van der Waals surface area contributed by atoms with E-state index in [1.54, 1.807) is 24.3 Å². The molecule has 1 heterocycles. The number of phenolic OH excluding ortho intramolecular Hbond substituents is 1. The number of aryl methyl sites for hydroxylation is 1. The molecule has 0 saturated carbocycles. The quantitative estimate of drug-likeness (QED) is 0.403. The fraction of sp³-hybridized carbons (Fsp3) is 0.158. The molecule has 144 valence electrons. The van der Waals surface area contributed by atoms with Crippen LogP contribution in [0, 0.1) is 0 Å². The van der Waals surface area contributed by atoms with E-state index in [2.05, 4.69) is 26.6 Å². The van der Waals surface area contributed by atoms with Gasteiger partial charge in [-0.3, -0.25) is 9.59 Å². The van der Waals surface area contributed by atoms with Gasteiger partial charge in [-0.2, -0.15) is 0 Å². The number of hydrogen-bond donors (Lipinski definition) is 3. The predicted octanol–water partition coefficient (Wildman–Crippen LogP) is 2.96. The Morgan fingerprint density at radius 1 is 0.929 bits per heavy atom. The molecule has 3 aromatic carbocycles. The number of hydrogen-bond acceptors (Lipinski definition) is 7. The molecule has 0 bridgehead atoms. The summed E-state index contributed by atoms with van der Waals surface area (Å²) in [6.45, 7) is 0. The summed E-state index contributed by atoms with van der Waals surface area (Å²) in [4.78, 5) is 24.0. The SMILES string of the molecule is O=c1c(Nc2ccccc2Br)c(Nc2ccc3c(c2O)S(=O)(=O)CCC3)c1=O. The number of benzene rings is 2. The Morgan fingerprint density at radius 3 is 2.25 bits per heavy atom. The molecule has 3 N–H and O–H groups in total. The van der Waals surface area contributed by atoms with Crippen LogP contribution in [0.5, 0.6) is 5.75 Å². The Balaban J connectivity index is 1.72. The molecule has 0 spiro atoms. The molecule has 0 aromatic heterocycles. The minimum absolute atomic E-state index is 0.0239. The van der Waals surface area contributed by atoms with Gasteiger partial charge in [0, 0.05) is 4.47 Å². The van der Waals surface area contributed by atoms with Gasteiger partial charge in [0.1, 0.15) is 16.3 Å². The summed E-state index contributed by atoms with van der Waals surface area (Å²) >= 11 is 3.36. The van der Waals surface area contributed by atoms with Crippen molar-refractivity contribution < 1.29 is 13.5 Å². The molecule has 0 fully saturated rings. The third kappa shape index (κ3) is 3.00. The molecular weight excluding hydrogens is 448 g/mol. The van der Waals surface area contributed by atoms with Gasteiger partial charge in [0.05, 0.1) is 17.1 Å². The summed E-state index contributed by atoms with van der Waals surface area (Å²) in [7, 11) is -3.59. The van der Waals surface area contributed by atoms with Crippen LogP contribution >= 0.6 is 15.9 Å². The first-order valence-corrected chi connectivity index (χ1v) is 10.9. The lowest BCUT2D eigenvalue weighted by atomic mass is 10.1. The van der Waals surface area contributed by atoms with Crippen molar-refractivity contribution >= 4 is 48.5 Å². The van der Waals surface area contributed by atoms with Crippen molar-refractivity contribution in [3.63, 3.8) is 0 Å². The number of phenols is 1. The number of sulfone groups is 1. The molecule has 0 saturated heterocycles. The van der Waals surface area contributed by atoms with Crippen molar-refractivity contribution in [2.24, 2.45) is 0 Å². The summed E-state index contributed by atoms with van der Waals surface area (Å²) in [5.41, 5.74) is -0.203. The van der Waals surface area contributed by atoms with Gasteiger partial charge in [0.15, 0.2) is 15.6 Å². The second-order valence-electron chi connectivity index (χ2n) is 6.51. The standard InChI is InChI=1S/C19H15BrN2O5S/c20-11-5-1-2-6-12(11)21-14-15(18(25)17(14)24)22-13-8-7-10-4-3-9-28(26,27)19(10)16(13)23/h1-2,5-8,21-23H,3-4,9H2. The lowest BCUT2D eigenvalue weighted by Gasteiger charge is -2.21. The molecule has 0 unspecified atom stereocenters. The van der Waals surface area contributed by atoms with Crippen LogP contribution in [0.4, 0.5) is 22.7 Å². The third-order valence-electron chi connectivity index (χ3n) is 4.69. The van der Waals surface area contributed by atoms with E-state index in [1.807, 2.05) is 6.07 Å². The average Bonchev–Trinajstić information content (AvgIpc) is 2.66. The Morgan fingerprint density at radius 2 is 1.57 bits per heavy atom. The highest BCUT2D eigenvalue weighted by molar-refractivity contribution is 9.10. The maximum Gasteiger partial charge on any atom is 0.253 e. The first-order chi connectivity index (χ1) is 13.3. The Labute approximate surface area is 168 Å². The lowest BCUT2D eigenvalue weighted by Crippen LogP contribution is -2.35. The summed E-state index contributed by atoms with van der Waals surface area (Å²) in [6.07, 6.45) is 1.05. The fourth-order valence-electron chi connectivity index (χ4n) is 3.27. The number of halogens is 1. The largest absolute Gasteiger partial charge is 0.504 e. The molecule has 9 heteroatoms. The first-order valence-electron chi connectivity index (χ1n) is 8.49. The van der Waals surface area contributed by atoms with E-state index in [1.165, 1.54) is 6.07 Å². The summed E-state index contributed by atoms with van der Waals surface area (Å²) in [5.74, 6) is -0.469. The molecule has 0 radical (unpaired) electrons. The maximum absolute atomic E-state index is 12.3. The Hall–Kier alpha value is -2.65. The molecule has 28 heavy (non-hydrogen) atoms. The molecular formula is C19H15BrN2O5S. The van der Waals surface area contributed by atoms with Gasteiger partial charge in [-0.1, -0.05) is 18.2 Å². The minimum atomic E-state index is -3.59. The molecule has 1 aliphatic rings. The van der Waals surface area contributed by atoms with E-state index in [-0.39, 0.29) is 27.7 Å². The number of nitrogens with one attached hydrogen (secondary N) is 2. The zero-order valence-corrected chi connectivity index (χ0v) is 16.9. The molecule has 3 aromatic rings. The van der Waals surface area contributed by atoms with Gasteiger partial charge in [-0.15, -0.1) is 0 Å². The van der Waals surface area contributed by atoms with Gasteiger partial charge in [0.2, 0.25) is 0 Å². The van der Waals surface area contributed by atoms with Crippen LogP contribution in [0.15, 0.2) is 55.4 Å². The minimum Gasteiger partial charge on any atom is -0.504 e. The second-order valence-corrected chi connectivity index (χ2v) is 9.41. The van der Waals surface area contributed by atoms with Crippen molar-refractivity contribution in [1.29, 1.82) is 0 Å². The lowest BCUT2D eigenvalue weighted by molar-refractivity contribution is 0.457. The van der Waals surface area contributed by atoms with Crippen LogP contribution in [0.2, 0.25) is 0 Å². The highest BCUT2D eigenvalue weighted by Gasteiger charge is 2.30. The van der Waals surface area contributed by atoms with Crippen LogP contribution in [0.25, 0.3) is 0 Å². The number of anilines is 4. The van der Waals surface area contributed by atoms with Crippen LogP contribution in [-0.4, -0.2) is 19.3 Å². The second kappa shape index (κ2) is 6.75. The first kappa shape index (κ1) is 18.7. The highest BCUT2D eigenvalue weighted by Crippen LogP contribution is 2.40. The van der Waals surface area contributed by atoms with Gasteiger partial charge >= 0.3 is 0 Å². The van der Waals surface area contributed by atoms with Gasteiger partial charge in [-0.25, -0.2) is 8.42 Å². The highest BCUT2D eigenvalue weighted by atomic mass is 79.9. The summed E-state index contributed by atoms with van der Waals surface area (Å²) in [5, 5.41) is 16.1. The van der Waals surface area contributed by atoms with E-state index in [0.717, 1.165) is 0 Å². The summed E-state index contributed by atoms with van der Waals surface area (Å²) in [6, 6.07) is 10.2. The molecule has 0 aliphatic carbocycles. The Kier molecular flexibility index (Phi) is 4.51. The average molecular weight is 463 g/mol. The van der Waals surface area contributed by atoms with E-state index in [9.17, 15) is 23.1 Å². The van der Waals surface area contributed by atoms with Crippen LogP contribution in [0.1, 0.15) is 12.0 Å². The predicted molar refractivity (Wildman–Crippen MR) is 111 cm³/mol. The zero-order chi connectivity index (χ0) is 20.1. The molecule has 4 rings (SSSR count). The van der Waals surface area contributed by atoms with Crippen molar-refractivity contribution in [1.82, 2.24) is 0 Å². The van der Waals surface area contributed by atoms with Crippen LogP contribution < -0.4 is 21.5 Å². The van der Waals surface area contributed by atoms with Crippen molar-refractivity contribution in [2.75, 3.05) is 16.4 Å². The number of aromatic hydroxyl groups is 1. The number of rotatable bonds is 4. The van der Waals surface area contributed by atoms with Gasteiger partial charge in [-0.05, 0) is 52.5 Å². The van der Waals surface area contributed by atoms with E-state index in [0.29, 0.717) is 28.6 Å². The van der Waals surface area contributed by atoms with Crippen molar-refractivity contribution in [2.45, 2.75) is 17.7 Å². The zero-order valence-electron chi connectivity index (χ0n) is 14.5. The van der Waals surface area contributed by atoms with E-state index >= 15 is 0 Å². The fourth-order valence-corrected chi connectivity index (χ4v) is 5.36. The molecule has 0 amide bonds. The monoisotopic (exact) mass is 462 g/mol. The van der Waals surface area contributed by atoms with E-state index in [4.69, 9.17) is 0 Å². The molecule has 7 nitrogen and oxygen atoms in total. The summed E-state index contributed by atoms with van der Waals surface area (Å²) < 4.78 is 25.4. The van der Waals surface area contributed by atoms with E-state index < -0.39 is 26.4 Å². The van der Waals surface area contributed by atoms with Crippen LogP contribution in [-0.2, 0) is 16.3 Å². The van der Waals surface area contributed by atoms with Crippen molar-refractivity contribution in [3.8, 4) is 5.75 Å². The Bertz CT molecular complexity index is 1280. The van der Waals surface area contributed by atoms with Gasteiger partial charge < -0.3 is 15.7 Å². The molecule has 0 atom stereocenters. The molecule has 1 aliphatic heterocycles. The normalized spacial score (nSPS) is 15.2. The van der Waals surface area contributed by atoms with Gasteiger partial charge in [0.25, 0.3) is 10.9 Å². The number of para-hydroxylation sites is 1. The third-order valence-corrected chi connectivity index (χ3v) is 7.28. The van der Waals surface area contributed by atoms with Crippen molar-refractivity contribution in [3.05, 3.63) is 66.9 Å². The smallest absolute Gasteiger partial charge is 0.253 e. The maximum atomic E-state index is 12.3.